The van der Waals surface area contributed by atoms with E-state index in [9.17, 15) is 8.42 Å². The minimum atomic E-state index is -3.37. The van der Waals surface area contributed by atoms with Crippen LogP contribution in [0.5, 0.6) is 0 Å². The molecule has 0 saturated carbocycles. The van der Waals surface area contributed by atoms with E-state index >= 15 is 0 Å². The van der Waals surface area contributed by atoms with Crippen molar-refractivity contribution in [2.75, 3.05) is 13.2 Å². The molecule has 0 bridgehead atoms. The first-order chi connectivity index (χ1) is 11.1. The first kappa shape index (κ1) is 16.6. The van der Waals surface area contributed by atoms with Crippen LogP contribution < -0.4 is 0 Å². The Morgan fingerprint density at radius 2 is 1.83 bits per heavy atom. The molecule has 1 aliphatic heterocycles. The van der Waals surface area contributed by atoms with Crippen LogP contribution in [0.3, 0.4) is 0 Å². The second-order valence-electron chi connectivity index (χ2n) is 5.71. The van der Waals surface area contributed by atoms with Crippen LogP contribution in [0.2, 0.25) is 0 Å². The average molecular weight is 351 g/mol. The summed E-state index contributed by atoms with van der Waals surface area (Å²) in [5, 5.41) is 1.99. The van der Waals surface area contributed by atoms with Crippen molar-refractivity contribution in [3.05, 3.63) is 58.3 Å². The molecule has 1 saturated heterocycles. The van der Waals surface area contributed by atoms with Crippen molar-refractivity contribution >= 4 is 21.4 Å². The molecule has 0 amide bonds. The quantitative estimate of drug-likeness (QED) is 0.802. The molecule has 1 aliphatic rings. The number of hydrogen-bond acceptors (Lipinski definition) is 4. The molecule has 1 aromatic heterocycles. The minimum Gasteiger partial charge on any atom is -0.381 e. The maximum Gasteiger partial charge on any atom is 0.218 e. The number of benzene rings is 1. The lowest BCUT2D eigenvalue weighted by Gasteiger charge is -2.33. The molecule has 1 aromatic carbocycles. The largest absolute Gasteiger partial charge is 0.381 e. The third-order valence-electron chi connectivity index (χ3n) is 4.04. The van der Waals surface area contributed by atoms with Crippen LogP contribution in [0.1, 0.15) is 23.3 Å². The third-order valence-corrected chi connectivity index (χ3v) is 6.74. The Balaban J connectivity index is 1.83. The summed E-state index contributed by atoms with van der Waals surface area (Å²) in [7, 11) is -3.37. The van der Waals surface area contributed by atoms with Crippen molar-refractivity contribution in [3.8, 4) is 0 Å². The zero-order valence-corrected chi connectivity index (χ0v) is 14.6. The molecule has 1 fully saturated rings. The fraction of sp³-hybridized carbons (Fsp3) is 0.412. The number of sulfonamides is 1. The van der Waals surface area contributed by atoms with Gasteiger partial charge in [0.05, 0.1) is 5.75 Å². The van der Waals surface area contributed by atoms with Crippen LogP contribution in [0.4, 0.5) is 0 Å². The Morgan fingerprint density at radius 3 is 2.48 bits per heavy atom. The highest BCUT2D eigenvalue weighted by atomic mass is 32.2. The number of ether oxygens (including phenoxy) is 1. The Kier molecular flexibility index (Phi) is 5.48. The van der Waals surface area contributed by atoms with Gasteiger partial charge in [0.1, 0.15) is 0 Å². The third kappa shape index (κ3) is 4.41. The normalized spacial score (nSPS) is 16.7. The summed E-state index contributed by atoms with van der Waals surface area (Å²) in [5.41, 5.74) is 0.829. The molecule has 0 N–H and O–H groups in total. The van der Waals surface area contributed by atoms with Gasteiger partial charge >= 0.3 is 0 Å². The first-order valence-electron chi connectivity index (χ1n) is 7.79. The zero-order valence-electron chi connectivity index (χ0n) is 12.9. The highest BCUT2D eigenvalue weighted by Gasteiger charge is 2.31. The lowest BCUT2D eigenvalue weighted by atomic mass is 10.1. The summed E-state index contributed by atoms with van der Waals surface area (Å²) in [6.07, 6.45) is 1.53. The van der Waals surface area contributed by atoms with Crippen molar-refractivity contribution in [3.63, 3.8) is 0 Å². The van der Waals surface area contributed by atoms with E-state index in [1.165, 1.54) is 0 Å². The molecule has 0 unspecified atom stereocenters. The van der Waals surface area contributed by atoms with Gasteiger partial charge in [0.25, 0.3) is 0 Å². The molecule has 0 atom stereocenters. The number of nitrogens with zero attached hydrogens (tertiary/aromatic N) is 1. The molecule has 2 aromatic rings. The zero-order chi connectivity index (χ0) is 16.1. The lowest BCUT2D eigenvalue weighted by molar-refractivity contribution is 0.0571. The molecule has 0 radical (unpaired) electrons. The minimum absolute atomic E-state index is 0.0274. The van der Waals surface area contributed by atoms with E-state index < -0.39 is 10.0 Å². The maximum absolute atomic E-state index is 13.0. The molecule has 124 valence electrons. The Morgan fingerprint density at radius 1 is 1.09 bits per heavy atom. The van der Waals surface area contributed by atoms with Crippen molar-refractivity contribution in [2.45, 2.75) is 31.2 Å². The molecule has 6 heteroatoms. The van der Waals surface area contributed by atoms with Crippen LogP contribution in [-0.2, 0) is 27.1 Å². The van der Waals surface area contributed by atoms with E-state index in [0.717, 1.165) is 23.3 Å². The molecular formula is C17H21NO3S2. The molecule has 2 heterocycles. The summed E-state index contributed by atoms with van der Waals surface area (Å²) < 4.78 is 33.1. The summed E-state index contributed by atoms with van der Waals surface area (Å²) in [4.78, 5) is 1.08. The van der Waals surface area contributed by atoms with Gasteiger partial charge in [-0.1, -0.05) is 36.4 Å². The van der Waals surface area contributed by atoms with Crippen LogP contribution >= 0.6 is 11.3 Å². The number of thiophene rings is 1. The molecule has 0 spiro atoms. The van der Waals surface area contributed by atoms with Gasteiger partial charge in [0.15, 0.2) is 0 Å². The van der Waals surface area contributed by atoms with Crippen LogP contribution in [0.15, 0.2) is 47.8 Å². The van der Waals surface area contributed by atoms with Gasteiger partial charge in [-0.25, -0.2) is 8.42 Å². The molecule has 0 aliphatic carbocycles. The SMILES string of the molecule is O=S(=O)(Cc1ccccc1)N(Cc1cccs1)C1CCOCC1. The van der Waals surface area contributed by atoms with Gasteiger partial charge in [-0.05, 0) is 29.9 Å². The van der Waals surface area contributed by atoms with Crippen molar-refractivity contribution in [1.29, 1.82) is 0 Å². The van der Waals surface area contributed by atoms with E-state index in [2.05, 4.69) is 0 Å². The van der Waals surface area contributed by atoms with Gasteiger partial charge in [0.2, 0.25) is 10.0 Å². The predicted octanol–water partition coefficient (Wildman–Crippen LogP) is 3.26. The highest BCUT2D eigenvalue weighted by Crippen LogP contribution is 2.25. The van der Waals surface area contributed by atoms with Crippen LogP contribution in [-0.4, -0.2) is 32.0 Å². The van der Waals surface area contributed by atoms with Crippen molar-refractivity contribution in [1.82, 2.24) is 4.31 Å². The summed E-state index contributed by atoms with van der Waals surface area (Å²) in [6.45, 7) is 1.72. The Bertz CT molecular complexity index is 693. The predicted molar refractivity (Wildman–Crippen MR) is 92.8 cm³/mol. The molecule has 4 nitrogen and oxygen atoms in total. The second kappa shape index (κ2) is 7.57. The van der Waals surface area contributed by atoms with E-state index in [-0.39, 0.29) is 11.8 Å². The van der Waals surface area contributed by atoms with Crippen LogP contribution in [0.25, 0.3) is 0 Å². The summed E-state index contributed by atoms with van der Waals surface area (Å²) in [6, 6.07) is 13.4. The standard InChI is InChI=1S/C17H21NO3S2/c19-23(20,14-15-5-2-1-3-6-15)18(13-17-7-4-12-22-17)16-8-10-21-11-9-16/h1-7,12,16H,8-11,13-14H2. The number of rotatable bonds is 6. The highest BCUT2D eigenvalue weighted by molar-refractivity contribution is 7.88. The summed E-state index contributed by atoms with van der Waals surface area (Å²) in [5.74, 6) is 0.0522. The van der Waals surface area contributed by atoms with E-state index in [1.807, 2.05) is 47.8 Å². The van der Waals surface area contributed by atoms with Crippen LogP contribution in [0, 0.1) is 0 Å². The van der Waals surface area contributed by atoms with Gasteiger partial charge in [-0.2, -0.15) is 4.31 Å². The number of hydrogen-bond donors (Lipinski definition) is 0. The average Bonchev–Trinajstić information content (AvgIpc) is 3.07. The van der Waals surface area contributed by atoms with Crippen molar-refractivity contribution < 1.29 is 13.2 Å². The topological polar surface area (TPSA) is 46.6 Å². The van der Waals surface area contributed by atoms with Gasteiger partial charge in [-0.15, -0.1) is 11.3 Å². The Hall–Kier alpha value is -1.21. The fourth-order valence-corrected chi connectivity index (χ4v) is 5.42. The lowest BCUT2D eigenvalue weighted by Crippen LogP contribution is -2.43. The molecule has 3 rings (SSSR count). The summed E-state index contributed by atoms with van der Waals surface area (Å²) >= 11 is 1.60. The second-order valence-corrected chi connectivity index (χ2v) is 8.66. The molecule has 23 heavy (non-hydrogen) atoms. The monoisotopic (exact) mass is 351 g/mol. The first-order valence-corrected chi connectivity index (χ1v) is 10.3. The van der Waals surface area contributed by atoms with E-state index in [1.54, 1.807) is 15.6 Å². The maximum atomic E-state index is 13.0. The molecular weight excluding hydrogens is 330 g/mol. The Labute approximate surface area is 141 Å². The fourth-order valence-electron chi connectivity index (χ4n) is 2.85. The van der Waals surface area contributed by atoms with E-state index in [4.69, 9.17) is 4.74 Å². The van der Waals surface area contributed by atoms with Gasteiger partial charge in [-0.3, -0.25) is 0 Å². The van der Waals surface area contributed by atoms with Crippen molar-refractivity contribution in [2.24, 2.45) is 0 Å². The van der Waals surface area contributed by atoms with Gasteiger partial charge < -0.3 is 4.74 Å². The van der Waals surface area contributed by atoms with E-state index in [0.29, 0.717) is 19.8 Å². The smallest absolute Gasteiger partial charge is 0.218 e. The van der Waals surface area contributed by atoms with Gasteiger partial charge in [0, 0.05) is 30.7 Å².